The van der Waals surface area contributed by atoms with Gasteiger partial charge in [-0.3, -0.25) is 9.59 Å². The van der Waals surface area contributed by atoms with Crippen LogP contribution in [-0.2, 0) is 4.79 Å². The van der Waals surface area contributed by atoms with Crippen molar-refractivity contribution in [1.82, 2.24) is 9.97 Å². The average Bonchev–Trinajstić information content (AvgIpc) is 2.37. The van der Waals surface area contributed by atoms with Crippen LogP contribution in [0.25, 0.3) is 0 Å². The largest absolute Gasteiger partial charge is 0.346 e. The Labute approximate surface area is 113 Å². The first kappa shape index (κ1) is 13.8. The lowest BCUT2D eigenvalue weighted by molar-refractivity contribution is -0.118. The molecule has 5 heteroatoms. The van der Waals surface area contributed by atoms with Gasteiger partial charge >= 0.3 is 0 Å². The van der Waals surface area contributed by atoms with Crippen LogP contribution in [0.2, 0.25) is 0 Å². The standard InChI is InChI=1S/C14H21N3O2/c1-9(2)14-15-12(8-13(19)16-14)17-7-5-4-6-11(17)10(3)18/h8-9,11H,4-7H2,1-3H3,(H,15,16,19). The van der Waals surface area contributed by atoms with E-state index in [1.165, 1.54) is 6.07 Å². The van der Waals surface area contributed by atoms with Crippen LogP contribution in [0, 0.1) is 0 Å². The van der Waals surface area contributed by atoms with Crippen molar-refractivity contribution >= 4 is 11.6 Å². The van der Waals surface area contributed by atoms with E-state index < -0.39 is 0 Å². The Balaban J connectivity index is 2.38. The van der Waals surface area contributed by atoms with Gasteiger partial charge in [-0.05, 0) is 26.2 Å². The third kappa shape index (κ3) is 3.03. The van der Waals surface area contributed by atoms with Crippen LogP contribution in [0.3, 0.4) is 0 Å². The van der Waals surface area contributed by atoms with Gasteiger partial charge < -0.3 is 9.88 Å². The van der Waals surface area contributed by atoms with E-state index in [0.29, 0.717) is 11.6 Å². The molecule has 1 N–H and O–H groups in total. The highest BCUT2D eigenvalue weighted by Gasteiger charge is 2.27. The number of H-pyrrole nitrogens is 1. The summed E-state index contributed by atoms with van der Waals surface area (Å²) in [5, 5.41) is 0. The maximum absolute atomic E-state index is 11.7. The number of anilines is 1. The third-order valence-electron chi connectivity index (χ3n) is 3.56. The predicted octanol–water partition coefficient (Wildman–Crippen LogP) is 1.84. The fraction of sp³-hybridized carbons (Fsp3) is 0.643. The number of carbonyl (C=O) groups is 1. The predicted molar refractivity (Wildman–Crippen MR) is 74.6 cm³/mol. The Morgan fingerprint density at radius 2 is 2.21 bits per heavy atom. The second-order valence-corrected chi connectivity index (χ2v) is 5.46. The minimum absolute atomic E-state index is 0.136. The van der Waals surface area contributed by atoms with Crippen LogP contribution in [0.15, 0.2) is 10.9 Å². The Morgan fingerprint density at radius 1 is 1.47 bits per heavy atom. The van der Waals surface area contributed by atoms with Crippen LogP contribution >= 0.6 is 0 Å². The first-order valence-electron chi connectivity index (χ1n) is 6.87. The summed E-state index contributed by atoms with van der Waals surface area (Å²) in [6.45, 7) is 6.37. The molecule has 1 fully saturated rings. The van der Waals surface area contributed by atoms with Gasteiger partial charge in [0, 0.05) is 18.5 Å². The first-order chi connectivity index (χ1) is 8.99. The van der Waals surface area contributed by atoms with E-state index in [-0.39, 0.29) is 23.3 Å². The van der Waals surface area contributed by atoms with E-state index in [9.17, 15) is 9.59 Å². The summed E-state index contributed by atoms with van der Waals surface area (Å²) in [7, 11) is 0. The molecule has 1 saturated heterocycles. The van der Waals surface area contributed by atoms with Gasteiger partial charge in [0.05, 0.1) is 6.04 Å². The van der Waals surface area contributed by atoms with Crippen molar-refractivity contribution in [3.8, 4) is 0 Å². The zero-order valence-electron chi connectivity index (χ0n) is 11.8. The molecular formula is C14H21N3O2. The molecule has 19 heavy (non-hydrogen) atoms. The van der Waals surface area contributed by atoms with Gasteiger partial charge in [-0.1, -0.05) is 13.8 Å². The summed E-state index contributed by atoms with van der Waals surface area (Å²) in [6.07, 6.45) is 2.94. The van der Waals surface area contributed by atoms with Crippen molar-refractivity contribution in [2.24, 2.45) is 0 Å². The summed E-state index contributed by atoms with van der Waals surface area (Å²) >= 11 is 0. The summed E-state index contributed by atoms with van der Waals surface area (Å²) in [5.41, 5.74) is -0.151. The Hall–Kier alpha value is -1.65. The molecule has 1 aliphatic heterocycles. The average molecular weight is 263 g/mol. The highest BCUT2D eigenvalue weighted by molar-refractivity contribution is 5.84. The topological polar surface area (TPSA) is 66.1 Å². The molecule has 0 saturated carbocycles. The number of piperidine rings is 1. The molecule has 1 aliphatic rings. The molecule has 1 atom stereocenters. The summed E-state index contributed by atoms with van der Waals surface area (Å²) < 4.78 is 0. The number of Topliss-reactive ketones (excluding diaryl/α,β-unsaturated/α-hetero) is 1. The van der Waals surface area contributed by atoms with E-state index in [4.69, 9.17) is 0 Å². The molecule has 1 unspecified atom stereocenters. The highest BCUT2D eigenvalue weighted by Crippen LogP contribution is 2.23. The minimum Gasteiger partial charge on any atom is -0.346 e. The van der Waals surface area contributed by atoms with Crippen molar-refractivity contribution in [2.45, 2.75) is 52.0 Å². The summed E-state index contributed by atoms with van der Waals surface area (Å²) in [4.78, 5) is 32.7. The molecule has 0 spiro atoms. The molecule has 2 rings (SSSR count). The quantitative estimate of drug-likeness (QED) is 0.903. The molecule has 104 valence electrons. The van der Waals surface area contributed by atoms with Gasteiger partial charge in [-0.2, -0.15) is 0 Å². The lowest BCUT2D eigenvalue weighted by Crippen LogP contribution is -2.45. The highest BCUT2D eigenvalue weighted by atomic mass is 16.1. The van der Waals surface area contributed by atoms with Crippen molar-refractivity contribution in [3.63, 3.8) is 0 Å². The van der Waals surface area contributed by atoms with Crippen LogP contribution in [0.5, 0.6) is 0 Å². The first-order valence-corrected chi connectivity index (χ1v) is 6.87. The Morgan fingerprint density at radius 3 is 2.84 bits per heavy atom. The molecule has 1 aromatic rings. The Bertz CT molecular complexity index is 522. The van der Waals surface area contributed by atoms with Crippen LogP contribution in [0.4, 0.5) is 5.82 Å². The summed E-state index contributed by atoms with van der Waals surface area (Å²) in [5.74, 6) is 1.61. The number of ketones is 1. The monoisotopic (exact) mass is 263 g/mol. The van der Waals surface area contributed by atoms with E-state index in [1.807, 2.05) is 18.7 Å². The number of hydrogen-bond donors (Lipinski definition) is 1. The van der Waals surface area contributed by atoms with Gasteiger partial charge in [0.1, 0.15) is 11.6 Å². The molecule has 0 aliphatic carbocycles. The number of aromatic amines is 1. The molecule has 2 heterocycles. The molecular weight excluding hydrogens is 242 g/mol. The normalized spacial score (nSPS) is 19.8. The number of aromatic nitrogens is 2. The maximum Gasteiger partial charge on any atom is 0.252 e. The molecule has 0 bridgehead atoms. The summed E-state index contributed by atoms with van der Waals surface area (Å²) in [6, 6.07) is 1.36. The number of carbonyl (C=O) groups excluding carboxylic acids is 1. The van der Waals surface area contributed by atoms with E-state index in [1.54, 1.807) is 6.92 Å². The zero-order valence-corrected chi connectivity index (χ0v) is 11.8. The SMILES string of the molecule is CC(=O)C1CCCCN1c1cc(=O)[nH]c(C(C)C)n1. The molecule has 1 aromatic heterocycles. The molecule has 0 radical (unpaired) electrons. The van der Waals surface area contributed by atoms with E-state index in [0.717, 1.165) is 25.8 Å². The zero-order chi connectivity index (χ0) is 14.0. The van der Waals surface area contributed by atoms with Crippen LogP contribution in [-0.4, -0.2) is 28.3 Å². The second-order valence-electron chi connectivity index (χ2n) is 5.46. The number of nitrogens with zero attached hydrogens (tertiary/aromatic N) is 2. The van der Waals surface area contributed by atoms with Gasteiger partial charge in [-0.15, -0.1) is 0 Å². The second kappa shape index (κ2) is 5.55. The third-order valence-corrected chi connectivity index (χ3v) is 3.56. The van der Waals surface area contributed by atoms with Crippen molar-refractivity contribution in [3.05, 3.63) is 22.2 Å². The number of nitrogens with one attached hydrogen (secondary N) is 1. The lowest BCUT2D eigenvalue weighted by atomic mass is 9.99. The minimum atomic E-state index is -0.151. The Kier molecular flexibility index (Phi) is 4.02. The van der Waals surface area contributed by atoms with Crippen molar-refractivity contribution in [2.75, 3.05) is 11.4 Å². The fourth-order valence-corrected chi connectivity index (χ4v) is 2.51. The van der Waals surface area contributed by atoms with Gasteiger partial charge in [0.2, 0.25) is 0 Å². The fourth-order valence-electron chi connectivity index (χ4n) is 2.51. The molecule has 0 aromatic carbocycles. The van der Waals surface area contributed by atoms with Crippen LogP contribution < -0.4 is 10.5 Å². The van der Waals surface area contributed by atoms with Crippen molar-refractivity contribution in [1.29, 1.82) is 0 Å². The molecule has 5 nitrogen and oxygen atoms in total. The smallest absolute Gasteiger partial charge is 0.252 e. The van der Waals surface area contributed by atoms with Gasteiger partial charge in [0.25, 0.3) is 5.56 Å². The maximum atomic E-state index is 11.7. The van der Waals surface area contributed by atoms with Crippen LogP contribution in [0.1, 0.15) is 51.8 Å². The lowest BCUT2D eigenvalue weighted by Gasteiger charge is -2.35. The van der Waals surface area contributed by atoms with E-state index >= 15 is 0 Å². The van der Waals surface area contributed by atoms with Gasteiger partial charge in [0.15, 0.2) is 5.78 Å². The number of hydrogen-bond acceptors (Lipinski definition) is 4. The van der Waals surface area contributed by atoms with Crippen molar-refractivity contribution < 1.29 is 4.79 Å². The van der Waals surface area contributed by atoms with E-state index in [2.05, 4.69) is 9.97 Å². The number of rotatable bonds is 3. The molecule has 0 amide bonds. The van der Waals surface area contributed by atoms with Gasteiger partial charge in [-0.25, -0.2) is 4.98 Å².